The van der Waals surface area contributed by atoms with E-state index in [1.165, 1.54) is 53.2 Å². The van der Waals surface area contributed by atoms with Gasteiger partial charge < -0.3 is 4.98 Å². The molecule has 3 rings (SSSR count). The molecule has 1 aromatic carbocycles. The lowest BCUT2D eigenvalue weighted by molar-refractivity contribution is 0.626. The van der Waals surface area contributed by atoms with Gasteiger partial charge in [-0.15, -0.1) is 11.3 Å². The molecule has 0 saturated heterocycles. The van der Waals surface area contributed by atoms with E-state index < -0.39 is 17.2 Å². The Hall–Kier alpha value is -2.64. The van der Waals surface area contributed by atoms with Crippen LogP contribution < -0.4 is 5.56 Å². The number of allylic oxidation sites excluding steroid dienone is 5. The molecule has 0 fully saturated rings. The van der Waals surface area contributed by atoms with Crippen LogP contribution in [0.5, 0.6) is 0 Å². The molecule has 0 saturated carbocycles. The molecule has 0 aliphatic carbocycles. The lowest BCUT2D eigenvalue weighted by Gasteiger charge is -2.08. The molecule has 3 nitrogen and oxygen atoms in total. The molecular weight excluding hydrogens is 374 g/mol. The Labute approximate surface area is 157 Å². The fourth-order valence-electron chi connectivity index (χ4n) is 2.64. The quantitative estimate of drug-likeness (QED) is 0.460. The first kappa shape index (κ1) is 18.2. The minimum absolute atomic E-state index is 0.160. The largest absolute Gasteiger partial charge is 0.323 e. The number of benzene rings is 1. The number of aromatic amines is 1. The fraction of sp³-hybridized carbons (Fsp3) is 0.0526. The second-order valence-corrected chi connectivity index (χ2v) is 6.76. The van der Waals surface area contributed by atoms with E-state index in [-0.39, 0.29) is 4.77 Å². The number of hydrogen-bond acceptors (Lipinski definition) is 3. The zero-order valence-electron chi connectivity index (χ0n) is 13.8. The number of aromatic nitrogens is 2. The Bertz CT molecular complexity index is 1180. The van der Waals surface area contributed by atoms with Gasteiger partial charge in [-0.1, -0.05) is 24.8 Å². The molecule has 3 aromatic rings. The maximum atomic E-state index is 13.6. The molecule has 0 aliphatic rings. The molecule has 0 amide bonds. The molecule has 0 atom stereocenters. The van der Waals surface area contributed by atoms with E-state index in [0.29, 0.717) is 27.0 Å². The Morgan fingerprint density at radius 3 is 2.85 bits per heavy atom. The SMILES string of the molecule is C=C/C=C(\C=C(/C)F)c1csc2[nH]c(=S)n(-c3cccc(F)c3)c(=O)c12. The predicted octanol–water partition coefficient (Wildman–Crippen LogP) is 5.69. The summed E-state index contributed by atoms with van der Waals surface area (Å²) in [6.07, 6.45) is 4.48. The summed E-state index contributed by atoms with van der Waals surface area (Å²) in [5.74, 6) is -0.871. The molecule has 0 spiro atoms. The number of thiophene rings is 1. The number of halogens is 2. The topological polar surface area (TPSA) is 37.8 Å². The van der Waals surface area contributed by atoms with Gasteiger partial charge in [0.25, 0.3) is 5.56 Å². The summed E-state index contributed by atoms with van der Waals surface area (Å²) in [5, 5.41) is 2.11. The van der Waals surface area contributed by atoms with Crippen molar-refractivity contribution in [3.8, 4) is 5.69 Å². The molecule has 26 heavy (non-hydrogen) atoms. The van der Waals surface area contributed by atoms with Gasteiger partial charge in [0.15, 0.2) is 4.77 Å². The van der Waals surface area contributed by atoms with Gasteiger partial charge in [0, 0.05) is 10.9 Å². The highest BCUT2D eigenvalue weighted by molar-refractivity contribution is 7.71. The molecule has 0 unspecified atom stereocenters. The first-order valence-electron chi connectivity index (χ1n) is 7.61. The third-order valence-electron chi connectivity index (χ3n) is 3.66. The highest BCUT2D eigenvalue weighted by atomic mass is 32.1. The lowest BCUT2D eigenvalue weighted by Crippen LogP contribution is -2.20. The normalized spacial score (nSPS) is 12.6. The molecular formula is C19H14F2N2OS2. The summed E-state index contributed by atoms with van der Waals surface area (Å²) in [7, 11) is 0. The van der Waals surface area contributed by atoms with Crippen LogP contribution in [0.25, 0.3) is 21.5 Å². The van der Waals surface area contributed by atoms with Crippen LogP contribution >= 0.6 is 23.6 Å². The van der Waals surface area contributed by atoms with Crippen molar-refractivity contribution in [3.05, 3.63) is 86.8 Å². The van der Waals surface area contributed by atoms with Crippen LogP contribution in [0.2, 0.25) is 0 Å². The van der Waals surface area contributed by atoms with Crippen LogP contribution in [0.1, 0.15) is 12.5 Å². The third-order valence-corrected chi connectivity index (χ3v) is 4.84. The van der Waals surface area contributed by atoms with Crippen molar-refractivity contribution in [2.45, 2.75) is 6.92 Å². The number of nitrogens with zero attached hydrogens (tertiary/aromatic N) is 1. The van der Waals surface area contributed by atoms with Gasteiger partial charge in [-0.3, -0.25) is 9.36 Å². The second kappa shape index (κ2) is 7.31. The summed E-state index contributed by atoms with van der Waals surface area (Å²) < 4.78 is 28.4. The summed E-state index contributed by atoms with van der Waals surface area (Å²) in [6, 6.07) is 5.62. The lowest BCUT2D eigenvalue weighted by atomic mass is 10.1. The van der Waals surface area contributed by atoms with E-state index in [1.807, 2.05) is 0 Å². The van der Waals surface area contributed by atoms with Crippen LogP contribution in [0.15, 0.2) is 65.1 Å². The van der Waals surface area contributed by atoms with Crippen molar-refractivity contribution >= 4 is 39.3 Å². The first-order chi connectivity index (χ1) is 12.4. The predicted molar refractivity (Wildman–Crippen MR) is 106 cm³/mol. The Morgan fingerprint density at radius 2 is 2.19 bits per heavy atom. The molecule has 1 N–H and O–H groups in total. The number of rotatable bonds is 4. The Balaban J connectivity index is 2.37. The fourth-order valence-corrected chi connectivity index (χ4v) is 3.95. The van der Waals surface area contributed by atoms with Crippen molar-refractivity contribution in [2.24, 2.45) is 0 Å². The Morgan fingerprint density at radius 1 is 1.42 bits per heavy atom. The van der Waals surface area contributed by atoms with Gasteiger partial charge >= 0.3 is 0 Å². The van der Waals surface area contributed by atoms with Crippen LogP contribution in [-0.4, -0.2) is 9.55 Å². The second-order valence-electron chi connectivity index (χ2n) is 5.49. The third kappa shape index (κ3) is 3.36. The van der Waals surface area contributed by atoms with Gasteiger partial charge in [0.2, 0.25) is 0 Å². The van der Waals surface area contributed by atoms with E-state index in [9.17, 15) is 13.6 Å². The van der Waals surface area contributed by atoms with Gasteiger partial charge in [-0.2, -0.15) is 0 Å². The molecule has 0 radical (unpaired) electrons. The van der Waals surface area contributed by atoms with E-state index in [1.54, 1.807) is 17.5 Å². The zero-order valence-corrected chi connectivity index (χ0v) is 15.4. The van der Waals surface area contributed by atoms with Gasteiger partial charge in [-0.25, -0.2) is 8.78 Å². The van der Waals surface area contributed by atoms with Crippen molar-refractivity contribution < 1.29 is 8.78 Å². The molecule has 2 aromatic heterocycles. The number of nitrogens with one attached hydrogen (secondary N) is 1. The van der Waals surface area contributed by atoms with E-state index in [2.05, 4.69) is 11.6 Å². The number of fused-ring (bicyclic) bond motifs is 1. The minimum atomic E-state index is -0.474. The van der Waals surface area contributed by atoms with E-state index >= 15 is 0 Å². The summed E-state index contributed by atoms with van der Waals surface area (Å²) in [5.41, 5.74) is 0.996. The van der Waals surface area contributed by atoms with Crippen LogP contribution in [-0.2, 0) is 0 Å². The van der Waals surface area contributed by atoms with Gasteiger partial charge in [0.05, 0.1) is 16.9 Å². The summed E-state index contributed by atoms with van der Waals surface area (Å²) in [4.78, 5) is 16.7. The van der Waals surface area contributed by atoms with Crippen molar-refractivity contribution in [2.75, 3.05) is 0 Å². The zero-order chi connectivity index (χ0) is 18.8. The van der Waals surface area contributed by atoms with Crippen molar-refractivity contribution in [1.82, 2.24) is 9.55 Å². The Kier molecular flexibility index (Phi) is 5.11. The molecule has 132 valence electrons. The average molecular weight is 388 g/mol. The average Bonchev–Trinajstić information content (AvgIpc) is 2.98. The smallest absolute Gasteiger partial charge is 0.268 e. The maximum Gasteiger partial charge on any atom is 0.268 e. The minimum Gasteiger partial charge on any atom is -0.323 e. The highest BCUT2D eigenvalue weighted by Crippen LogP contribution is 2.29. The molecule has 0 bridgehead atoms. The molecule has 0 aliphatic heterocycles. The standard InChI is InChI=1S/C19H14F2N2OS2/c1-3-5-12(8-11(2)20)15-10-26-17-16(15)18(24)23(19(25)22-17)14-7-4-6-13(21)9-14/h3-10H,1H2,2H3,(H,22,25)/b11-8+,12-5+. The molecule has 7 heteroatoms. The van der Waals surface area contributed by atoms with Crippen LogP contribution in [0, 0.1) is 10.6 Å². The first-order valence-corrected chi connectivity index (χ1v) is 8.90. The monoisotopic (exact) mass is 388 g/mol. The van der Waals surface area contributed by atoms with Gasteiger partial charge in [-0.05, 0) is 49.0 Å². The van der Waals surface area contributed by atoms with Crippen molar-refractivity contribution in [1.29, 1.82) is 0 Å². The van der Waals surface area contributed by atoms with Crippen LogP contribution in [0.4, 0.5) is 8.78 Å². The van der Waals surface area contributed by atoms with E-state index in [4.69, 9.17) is 12.2 Å². The van der Waals surface area contributed by atoms with E-state index in [0.717, 1.165) is 0 Å². The maximum absolute atomic E-state index is 13.6. The number of hydrogen-bond donors (Lipinski definition) is 1. The molecule has 2 heterocycles. The van der Waals surface area contributed by atoms with Crippen molar-refractivity contribution in [3.63, 3.8) is 0 Å². The number of H-pyrrole nitrogens is 1. The highest BCUT2D eigenvalue weighted by Gasteiger charge is 2.15. The summed E-state index contributed by atoms with van der Waals surface area (Å²) in [6.45, 7) is 4.96. The summed E-state index contributed by atoms with van der Waals surface area (Å²) >= 11 is 6.57. The van der Waals surface area contributed by atoms with Gasteiger partial charge in [0.1, 0.15) is 10.6 Å². The van der Waals surface area contributed by atoms with Crippen LogP contribution in [0.3, 0.4) is 0 Å².